The smallest absolute Gasteiger partial charge is 0.327 e. The zero-order valence-corrected chi connectivity index (χ0v) is 15.5. The van der Waals surface area contributed by atoms with E-state index in [0.29, 0.717) is 6.61 Å². The third-order valence-electron chi connectivity index (χ3n) is 5.55. The van der Waals surface area contributed by atoms with Crippen molar-refractivity contribution in [2.45, 2.75) is 24.9 Å². The van der Waals surface area contributed by atoms with Crippen molar-refractivity contribution >= 4 is 17.6 Å². The lowest BCUT2D eigenvalue weighted by Crippen LogP contribution is -2.66. The normalized spacial score (nSPS) is 28.6. The molecule has 1 N–H and O–H groups in total. The van der Waals surface area contributed by atoms with Crippen LogP contribution in [0.2, 0.25) is 0 Å². The predicted octanol–water partition coefficient (Wildman–Crippen LogP) is 0.460. The molecule has 0 saturated carbocycles. The number of anilines is 1. The molecule has 3 heterocycles. The summed E-state index contributed by atoms with van der Waals surface area (Å²) in [6.45, 7) is 2.09. The summed E-state index contributed by atoms with van der Waals surface area (Å²) >= 11 is 0. The van der Waals surface area contributed by atoms with Crippen molar-refractivity contribution in [3.05, 3.63) is 30.1 Å². The number of hydrogen-bond acceptors (Lipinski definition) is 6. The Bertz CT molecular complexity index is 730. The Kier molecular flexibility index (Phi) is 4.75. The fourth-order valence-electron chi connectivity index (χ4n) is 4.20. The van der Waals surface area contributed by atoms with Gasteiger partial charge >= 0.3 is 6.03 Å². The highest BCUT2D eigenvalue weighted by molar-refractivity contribution is 6.00. The molecule has 8 nitrogen and oxygen atoms in total. The summed E-state index contributed by atoms with van der Waals surface area (Å²) in [5.41, 5.74) is 0.884. The highest BCUT2D eigenvalue weighted by Crippen LogP contribution is 2.32. The number of urea groups is 1. The summed E-state index contributed by atoms with van der Waals surface area (Å²) in [5.74, 6) is -0.480. The van der Waals surface area contributed by atoms with Crippen molar-refractivity contribution in [1.82, 2.24) is 20.0 Å². The van der Waals surface area contributed by atoms with Gasteiger partial charge < -0.3 is 14.5 Å². The van der Waals surface area contributed by atoms with Gasteiger partial charge in [-0.15, -0.1) is 0 Å². The van der Waals surface area contributed by atoms with Gasteiger partial charge in [0.05, 0.1) is 13.2 Å². The van der Waals surface area contributed by atoms with Crippen LogP contribution in [0.4, 0.5) is 14.9 Å². The zero-order valence-electron chi connectivity index (χ0n) is 15.5. The van der Waals surface area contributed by atoms with Gasteiger partial charge in [0.1, 0.15) is 24.3 Å². The summed E-state index contributed by atoms with van der Waals surface area (Å²) < 4.78 is 18.4. The van der Waals surface area contributed by atoms with Crippen LogP contribution < -0.4 is 10.2 Å². The van der Waals surface area contributed by atoms with Crippen molar-refractivity contribution in [1.29, 1.82) is 0 Å². The first kappa shape index (κ1) is 18.1. The van der Waals surface area contributed by atoms with Crippen LogP contribution in [0.25, 0.3) is 0 Å². The average Bonchev–Trinajstić information content (AvgIpc) is 3.07. The summed E-state index contributed by atoms with van der Waals surface area (Å²) in [6.07, 6.45) is 0.262. The fourth-order valence-corrected chi connectivity index (χ4v) is 4.20. The first-order valence-electron chi connectivity index (χ1n) is 9.14. The third kappa shape index (κ3) is 2.95. The van der Waals surface area contributed by atoms with Crippen LogP contribution in [0.5, 0.6) is 0 Å². The number of amides is 3. The number of carbonyl (C=O) groups is 2. The summed E-state index contributed by atoms with van der Waals surface area (Å²) in [6, 6.07) is 5.58. The fraction of sp³-hybridized carbons (Fsp3) is 0.556. The monoisotopic (exact) mass is 377 g/mol. The SMILES string of the molecule is COCCN1C(=O)C2C(NC3N(c4ccc(F)cc4)CCCN23)N(C)C1=O. The number of imide groups is 1. The van der Waals surface area contributed by atoms with Crippen LogP contribution in [0.15, 0.2) is 24.3 Å². The average molecular weight is 377 g/mol. The molecule has 1 aromatic carbocycles. The van der Waals surface area contributed by atoms with Crippen molar-refractivity contribution in [2.75, 3.05) is 45.3 Å². The van der Waals surface area contributed by atoms with Crippen LogP contribution in [0.3, 0.4) is 0 Å². The number of rotatable bonds is 4. The molecule has 0 bridgehead atoms. The largest absolute Gasteiger partial charge is 0.383 e. The number of nitrogens with zero attached hydrogens (tertiary/aromatic N) is 4. The van der Waals surface area contributed by atoms with Gasteiger partial charge in [-0.2, -0.15) is 0 Å². The highest BCUT2D eigenvalue weighted by Gasteiger charge is 2.55. The standard InChI is InChI=1S/C18H24FN5O3/c1-21-15-14(16(25)24(18(21)26)10-11-27-2)23-9-3-8-22(17(23)20-15)13-6-4-12(19)5-7-13/h4-7,14-15,17,20H,3,8-11H2,1-2H3. The van der Waals surface area contributed by atoms with E-state index in [-0.39, 0.29) is 30.6 Å². The van der Waals surface area contributed by atoms with Gasteiger partial charge in [0.25, 0.3) is 5.91 Å². The Labute approximate surface area is 157 Å². The number of fused-ring (bicyclic) bond motifs is 3. The molecule has 9 heteroatoms. The molecule has 3 amide bonds. The van der Waals surface area contributed by atoms with Gasteiger partial charge in [0.15, 0.2) is 0 Å². The van der Waals surface area contributed by atoms with E-state index >= 15 is 0 Å². The number of ether oxygens (including phenoxy) is 1. The minimum Gasteiger partial charge on any atom is -0.383 e. The molecule has 0 aromatic heterocycles. The second kappa shape index (κ2) is 7.06. The second-order valence-corrected chi connectivity index (χ2v) is 7.07. The molecule has 3 saturated heterocycles. The maximum atomic E-state index is 13.3. The number of halogens is 1. The van der Waals surface area contributed by atoms with E-state index in [2.05, 4.69) is 15.1 Å². The Balaban J connectivity index is 1.62. The topological polar surface area (TPSA) is 68.4 Å². The van der Waals surface area contributed by atoms with Gasteiger partial charge in [-0.3, -0.25) is 19.9 Å². The maximum absolute atomic E-state index is 13.3. The van der Waals surface area contributed by atoms with E-state index in [1.807, 2.05) is 0 Å². The van der Waals surface area contributed by atoms with E-state index in [0.717, 1.165) is 25.2 Å². The lowest BCUT2D eigenvalue weighted by atomic mass is 10.1. The minimum absolute atomic E-state index is 0.198. The van der Waals surface area contributed by atoms with E-state index in [9.17, 15) is 14.0 Å². The minimum atomic E-state index is -0.446. The molecule has 3 atom stereocenters. The molecule has 27 heavy (non-hydrogen) atoms. The Hall–Kier alpha value is -2.23. The van der Waals surface area contributed by atoms with Crippen LogP contribution >= 0.6 is 0 Å². The Morgan fingerprint density at radius 1 is 1.22 bits per heavy atom. The number of benzene rings is 1. The molecule has 3 aliphatic rings. The molecule has 3 aliphatic heterocycles. The first-order chi connectivity index (χ1) is 13.0. The predicted molar refractivity (Wildman–Crippen MR) is 96.3 cm³/mol. The van der Waals surface area contributed by atoms with Gasteiger partial charge in [0, 0.05) is 32.9 Å². The van der Waals surface area contributed by atoms with Crippen LogP contribution in [0.1, 0.15) is 6.42 Å². The van der Waals surface area contributed by atoms with Crippen molar-refractivity contribution in [2.24, 2.45) is 0 Å². The van der Waals surface area contributed by atoms with Crippen LogP contribution in [-0.2, 0) is 9.53 Å². The summed E-state index contributed by atoms with van der Waals surface area (Å²) in [5, 5.41) is 3.43. The van der Waals surface area contributed by atoms with Crippen molar-refractivity contribution < 1.29 is 18.7 Å². The molecular formula is C18H24FN5O3. The lowest BCUT2D eigenvalue weighted by Gasteiger charge is -2.43. The Morgan fingerprint density at radius 2 is 1.96 bits per heavy atom. The van der Waals surface area contributed by atoms with E-state index in [1.54, 1.807) is 31.2 Å². The van der Waals surface area contributed by atoms with Gasteiger partial charge in [-0.25, -0.2) is 9.18 Å². The van der Waals surface area contributed by atoms with Crippen molar-refractivity contribution in [3.63, 3.8) is 0 Å². The zero-order chi connectivity index (χ0) is 19.1. The molecule has 0 radical (unpaired) electrons. The van der Waals surface area contributed by atoms with E-state index in [4.69, 9.17) is 4.74 Å². The van der Waals surface area contributed by atoms with Gasteiger partial charge in [-0.1, -0.05) is 0 Å². The molecular weight excluding hydrogens is 353 g/mol. The highest BCUT2D eigenvalue weighted by atomic mass is 19.1. The van der Waals surface area contributed by atoms with Gasteiger partial charge in [0.2, 0.25) is 0 Å². The second-order valence-electron chi connectivity index (χ2n) is 7.07. The molecule has 146 valence electrons. The Morgan fingerprint density at radius 3 is 2.67 bits per heavy atom. The molecule has 4 rings (SSSR count). The summed E-state index contributed by atoms with van der Waals surface area (Å²) in [4.78, 5) is 32.8. The number of likely N-dealkylation sites (N-methyl/N-ethyl adjacent to an activating group) is 1. The number of methoxy groups -OCH3 is 1. The quantitative estimate of drug-likeness (QED) is 0.822. The molecule has 0 aliphatic carbocycles. The van der Waals surface area contributed by atoms with Gasteiger partial charge in [-0.05, 0) is 30.7 Å². The number of carbonyl (C=O) groups excluding carboxylic acids is 2. The number of nitrogens with one attached hydrogen (secondary N) is 1. The first-order valence-corrected chi connectivity index (χ1v) is 9.14. The lowest BCUT2D eigenvalue weighted by molar-refractivity contribution is -0.139. The maximum Gasteiger partial charge on any atom is 0.327 e. The van der Waals surface area contributed by atoms with Crippen LogP contribution in [-0.4, -0.2) is 85.5 Å². The summed E-state index contributed by atoms with van der Waals surface area (Å²) in [7, 11) is 3.25. The van der Waals surface area contributed by atoms with Crippen LogP contribution in [0, 0.1) is 5.82 Å². The van der Waals surface area contributed by atoms with Crippen molar-refractivity contribution in [3.8, 4) is 0 Å². The molecule has 1 aromatic rings. The molecule has 3 fully saturated rings. The molecule has 0 spiro atoms. The van der Waals surface area contributed by atoms with E-state index in [1.165, 1.54) is 17.0 Å². The number of hydrogen-bond donors (Lipinski definition) is 1. The van der Waals surface area contributed by atoms with E-state index < -0.39 is 12.2 Å². The third-order valence-corrected chi connectivity index (χ3v) is 5.55. The molecule has 3 unspecified atom stereocenters.